The normalized spacial score (nSPS) is 10.3. The van der Waals surface area contributed by atoms with Crippen LogP contribution in [0.3, 0.4) is 0 Å². The van der Waals surface area contributed by atoms with Crippen LogP contribution >= 0.6 is 0 Å². The molecule has 0 fully saturated rings. The standard InChI is InChI=1S/C27H30N4O3/c1-3-25(32)31-24-17-21(14-12-19(24)2)28-18-27(34)30-23-11-7-10-22(16-23)29-26(33)15-13-20-8-5-4-6-9-20/h4-12,14,16-17,28H,3,13,15,18H2,1-2H3,(H,29,33)(H,30,34)(H,31,32). The lowest BCUT2D eigenvalue weighted by Crippen LogP contribution is -2.22. The molecule has 0 aliphatic rings. The van der Waals surface area contributed by atoms with Gasteiger partial charge in [-0.05, 0) is 54.8 Å². The van der Waals surface area contributed by atoms with Crippen LogP contribution in [0.4, 0.5) is 22.7 Å². The number of benzene rings is 3. The van der Waals surface area contributed by atoms with Crippen molar-refractivity contribution < 1.29 is 14.4 Å². The molecule has 0 saturated carbocycles. The number of anilines is 4. The van der Waals surface area contributed by atoms with Gasteiger partial charge in [-0.1, -0.05) is 49.4 Å². The summed E-state index contributed by atoms with van der Waals surface area (Å²) in [4.78, 5) is 36.4. The van der Waals surface area contributed by atoms with Crippen LogP contribution < -0.4 is 21.3 Å². The zero-order valence-electron chi connectivity index (χ0n) is 19.5. The maximum Gasteiger partial charge on any atom is 0.243 e. The molecule has 0 bridgehead atoms. The number of amides is 3. The Morgan fingerprint density at radius 1 is 0.706 bits per heavy atom. The van der Waals surface area contributed by atoms with Crippen LogP contribution in [0, 0.1) is 6.92 Å². The van der Waals surface area contributed by atoms with E-state index in [9.17, 15) is 14.4 Å². The van der Waals surface area contributed by atoms with Crippen molar-refractivity contribution in [1.82, 2.24) is 0 Å². The van der Waals surface area contributed by atoms with Gasteiger partial charge in [0, 0.05) is 35.6 Å². The first-order valence-corrected chi connectivity index (χ1v) is 11.3. The first-order valence-electron chi connectivity index (χ1n) is 11.3. The number of carbonyl (C=O) groups is 3. The minimum Gasteiger partial charge on any atom is -0.376 e. The zero-order chi connectivity index (χ0) is 24.3. The van der Waals surface area contributed by atoms with Crippen LogP contribution in [-0.2, 0) is 20.8 Å². The molecule has 4 N–H and O–H groups in total. The maximum atomic E-state index is 12.4. The number of rotatable bonds is 10. The summed E-state index contributed by atoms with van der Waals surface area (Å²) in [5, 5.41) is 11.6. The molecule has 7 heteroatoms. The Kier molecular flexibility index (Phi) is 8.80. The largest absolute Gasteiger partial charge is 0.376 e. The highest BCUT2D eigenvalue weighted by Gasteiger charge is 2.08. The Morgan fingerprint density at radius 3 is 2.12 bits per heavy atom. The molecular formula is C27H30N4O3. The lowest BCUT2D eigenvalue weighted by molar-refractivity contribution is -0.116. The maximum absolute atomic E-state index is 12.4. The number of hydrogen-bond acceptors (Lipinski definition) is 4. The van der Waals surface area contributed by atoms with Crippen molar-refractivity contribution >= 4 is 40.5 Å². The van der Waals surface area contributed by atoms with Gasteiger partial charge in [-0.25, -0.2) is 0 Å². The Hall–Kier alpha value is -4.13. The average molecular weight is 459 g/mol. The van der Waals surface area contributed by atoms with E-state index in [4.69, 9.17) is 0 Å². The van der Waals surface area contributed by atoms with Gasteiger partial charge in [-0.15, -0.1) is 0 Å². The predicted octanol–water partition coefficient (Wildman–Crippen LogP) is 4.97. The molecule has 0 saturated heterocycles. The topological polar surface area (TPSA) is 99.3 Å². The van der Waals surface area contributed by atoms with Gasteiger partial charge in [0.1, 0.15) is 0 Å². The molecule has 0 spiro atoms. The van der Waals surface area contributed by atoms with E-state index in [1.807, 2.05) is 55.5 Å². The smallest absolute Gasteiger partial charge is 0.243 e. The lowest BCUT2D eigenvalue weighted by atomic mass is 10.1. The third-order valence-electron chi connectivity index (χ3n) is 5.20. The third kappa shape index (κ3) is 7.78. The summed E-state index contributed by atoms with van der Waals surface area (Å²) in [5.74, 6) is -0.378. The molecule has 0 atom stereocenters. The summed E-state index contributed by atoms with van der Waals surface area (Å²) in [5.41, 5.74) is 4.71. The quantitative estimate of drug-likeness (QED) is 0.345. The molecule has 3 rings (SSSR count). The van der Waals surface area contributed by atoms with Crippen molar-refractivity contribution in [3.8, 4) is 0 Å². The van der Waals surface area contributed by atoms with Crippen LogP contribution in [0.25, 0.3) is 0 Å². The van der Waals surface area contributed by atoms with E-state index in [0.717, 1.165) is 16.8 Å². The first kappa shape index (κ1) is 24.5. The van der Waals surface area contributed by atoms with E-state index in [-0.39, 0.29) is 24.3 Å². The van der Waals surface area contributed by atoms with E-state index in [1.54, 1.807) is 31.2 Å². The van der Waals surface area contributed by atoms with Gasteiger partial charge < -0.3 is 21.3 Å². The van der Waals surface area contributed by atoms with Crippen molar-refractivity contribution in [1.29, 1.82) is 0 Å². The lowest BCUT2D eigenvalue weighted by Gasteiger charge is -2.12. The molecular weight excluding hydrogens is 428 g/mol. The number of carbonyl (C=O) groups excluding carboxylic acids is 3. The minimum absolute atomic E-state index is 0.0535. The Morgan fingerprint density at radius 2 is 1.41 bits per heavy atom. The highest BCUT2D eigenvalue weighted by Crippen LogP contribution is 2.21. The van der Waals surface area contributed by atoms with E-state index < -0.39 is 0 Å². The Labute approximate surface area is 200 Å². The summed E-state index contributed by atoms with van der Waals surface area (Å²) < 4.78 is 0. The third-order valence-corrected chi connectivity index (χ3v) is 5.20. The molecule has 0 heterocycles. The molecule has 3 aromatic carbocycles. The van der Waals surface area contributed by atoms with Crippen molar-refractivity contribution in [3.05, 3.63) is 83.9 Å². The summed E-state index contributed by atoms with van der Waals surface area (Å²) in [6, 6.07) is 22.4. The summed E-state index contributed by atoms with van der Waals surface area (Å²) >= 11 is 0. The van der Waals surface area contributed by atoms with Crippen LogP contribution in [0.1, 0.15) is 30.9 Å². The molecule has 176 valence electrons. The zero-order valence-corrected chi connectivity index (χ0v) is 19.5. The summed E-state index contributed by atoms with van der Waals surface area (Å²) in [7, 11) is 0. The minimum atomic E-state index is -0.229. The molecule has 0 unspecified atom stereocenters. The van der Waals surface area contributed by atoms with Crippen LogP contribution in [0.2, 0.25) is 0 Å². The van der Waals surface area contributed by atoms with Crippen LogP contribution in [-0.4, -0.2) is 24.3 Å². The van der Waals surface area contributed by atoms with Crippen molar-refractivity contribution in [2.24, 2.45) is 0 Å². The molecule has 3 amide bonds. The monoisotopic (exact) mass is 458 g/mol. The molecule has 0 aliphatic carbocycles. The fourth-order valence-electron chi connectivity index (χ4n) is 3.29. The fourth-order valence-corrected chi connectivity index (χ4v) is 3.29. The molecule has 34 heavy (non-hydrogen) atoms. The van der Waals surface area contributed by atoms with Gasteiger partial charge in [0.05, 0.1) is 6.54 Å². The fraction of sp³-hybridized carbons (Fsp3) is 0.222. The molecule has 0 aromatic heterocycles. The molecule has 0 radical (unpaired) electrons. The van der Waals surface area contributed by atoms with E-state index in [2.05, 4.69) is 21.3 Å². The van der Waals surface area contributed by atoms with Gasteiger partial charge in [0.2, 0.25) is 17.7 Å². The highest BCUT2D eigenvalue weighted by molar-refractivity contribution is 5.96. The van der Waals surface area contributed by atoms with E-state index in [1.165, 1.54) is 0 Å². The molecule has 7 nitrogen and oxygen atoms in total. The van der Waals surface area contributed by atoms with Crippen molar-refractivity contribution in [2.45, 2.75) is 33.1 Å². The van der Waals surface area contributed by atoms with Gasteiger partial charge >= 0.3 is 0 Å². The van der Waals surface area contributed by atoms with E-state index >= 15 is 0 Å². The molecule has 3 aromatic rings. The second-order valence-corrected chi connectivity index (χ2v) is 7.95. The Bertz CT molecular complexity index is 1150. The SMILES string of the molecule is CCC(=O)Nc1cc(NCC(=O)Nc2cccc(NC(=O)CCc3ccccc3)c2)ccc1C. The van der Waals surface area contributed by atoms with Gasteiger partial charge in [0.25, 0.3) is 0 Å². The van der Waals surface area contributed by atoms with Gasteiger partial charge in [0.15, 0.2) is 0 Å². The predicted molar refractivity (Wildman–Crippen MR) is 137 cm³/mol. The number of nitrogens with one attached hydrogen (secondary N) is 4. The molecule has 0 aliphatic heterocycles. The number of hydrogen-bond donors (Lipinski definition) is 4. The second-order valence-electron chi connectivity index (χ2n) is 7.95. The Balaban J connectivity index is 1.50. The van der Waals surface area contributed by atoms with Crippen molar-refractivity contribution in [3.63, 3.8) is 0 Å². The van der Waals surface area contributed by atoms with Gasteiger partial charge in [-0.3, -0.25) is 14.4 Å². The average Bonchev–Trinajstić information content (AvgIpc) is 2.84. The summed E-state index contributed by atoms with van der Waals surface area (Å²) in [6.45, 7) is 3.76. The number of aryl methyl sites for hydroxylation is 2. The highest BCUT2D eigenvalue weighted by atomic mass is 16.2. The first-order chi connectivity index (χ1) is 16.4. The van der Waals surface area contributed by atoms with Crippen LogP contribution in [0.15, 0.2) is 72.8 Å². The van der Waals surface area contributed by atoms with Crippen LogP contribution in [0.5, 0.6) is 0 Å². The summed E-state index contributed by atoms with van der Waals surface area (Å²) in [6.07, 6.45) is 1.44. The second kappa shape index (κ2) is 12.2. The van der Waals surface area contributed by atoms with E-state index in [0.29, 0.717) is 36.3 Å². The van der Waals surface area contributed by atoms with Crippen molar-refractivity contribution in [2.75, 3.05) is 27.8 Å². The van der Waals surface area contributed by atoms with Gasteiger partial charge in [-0.2, -0.15) is 0 Å².